The van der Waals surface area contributed by atoms with Crippen LogP contribution >= 0.6 is 0 Å². The lowest BCUT2D eigenvalue weighted by Gasteiger charge is -2.33. The number of hydrogen-bond donors (Lipinski definition) is 2. The number of nitrogens with zero attached hydrogens (tertiary/aromatic N) is 2. The van der Waals surface area contributed by atoms with Gasteiger partial charge in [-0.15, -0.1) is 0 Å². The number of carboxylic acid groups (broad SMARTS) is 1. The van der Waals surface area contributed by atoms with Gasteiger partial charge in [0, 0.05) is 12.7 Å². The molecule has 1 aromatic heterocycles. The summed E-state index contributed by atoms with van der Waals surface area (Å²) < 4.78 is 1.73. The lowest BCUT2D eigenvalue weighted by molar-refractivity contribution is -0.150. The molecule has 0 unspecified atom stereocenters. The highest BCUT2D eigenvalue weighted by atomic mass is 16.4. The molecule has 6 nitrogen and oxygen atoms in total. The van der Waals surface area contributed by atoms with E-state index in [1.54, 1.807) is 10.9 Å². The first-order chi connectivity index (χ1) is 10.2. The van der Waals surface area contributed by atoms with Crippen LogP contribution in [0.15, 0.2) is 12.4 Å². The van der Waals surface area contributed by atoms with Gasteiger partial charge in [-0.2, -0.15) is 5.10 Å². The van der Waals surface area contributed by atoms with E-state index in [0.29, 0.717) is 18.4 Å². The molecule has 1 heterocycles. The summed E-state index contributed by atoms with van der Waals surface area (Å²) in [5, 5.41) is 16.5. The molecule has 1 fully saturated rings. The fourth-order valence-corrected chi connectivity index (χ4v) is 2.85. The maximum absolute atomic E-state index is 12.2. The molecule has 0 atom stereocenters. The van der Waals surface area contributed by atoms with Crippen LogP contribution in [0, 0.1) is 5.41 Å². The second kappa shape index (κ2) is 6.10. The van der Waals surface area contributed by atoms with Crippen LogP contribution in [0.1, 0.15) is 63.2 Å². The Morgan fingerprint density at radius 1 is 1.32 bits per heavy atom. The van der Waals surface area contributed by atoms with E-state index < -0.39 is 11.4 Å². The molecule has 2 rings (SSSR count). The molecule has 0 aromatic carbocycles. The number of carbonyl (C=O) groups excluding carboxylic acids is 1. The summed E-state index contributed by atoms with van der Waals surface area (Å²) in [7, 11) is 0. The first-order valence-corrected chi connectivity index (χ1v) is 7.81. The Balaban J connectivity index is 2.02. The molecule has 1 aliphatic rings. The van der Waals surface area contributed by atoms with Gasteiger partial charge >= 0.3 is 5.97 Å². The minimum absolute atomic E-state index is 0.182. The molecule has 0 radical (unpaired) electrons. The summed E-state index contributed by atoms with van der Waals surface area (Å²) in [6.07, 6.45) is 7.36. The molecule has 6 heteroatoms. The zero-order valence-electron chi connectivity index (χ0n) is 13.6. The molecular weight excluding hydrogens is 282 g/mol. The summed E-state index contributed by atoms with van der Waals surface area (Å²) >= 11 is 0. The minimum atomic E-state index is -0.812. The molecule has 0 spiro atoms. The number of carboxylic acids is 1. The maximum atomic E-state index is 12.2. The van der Waals surface area contributed by atoms with Crippen molar-refractivity contribution < 1.29 is 14.7 Å². The van der Waals surface area contributed by atoms with Gasteiger partial charge in [0.1, 0.15) is 0 Å². The predicted octanol–water partition coefficient (Wildman–Crippen LogP) is 2.40. The molecule has 22 heavy (non-hydrogen) atoms. The molecule has 1 aliphatic carbocycles. The molecule has 1 amide bonds. The minimum Gasteiger partial charge on any atom is -0.481 e. The van der Waals surface area contributed by atoms with E-state index in [9.17, 15) is 14.7 Å². The Kier molecular flexibility index (Phi) is 4.58. The number of aliphatic carboxylic acids is 1. The van der Waals surface area contributed by atoms with Crippen LogP contribution in [0.2, 0.25) is 0 Å². The van der Waals surface area contributed by atoms with Crippen LogP contribution in [0.5, 0.6) is 0 Å². The summed E-state index contributed by atoms with van der Waals surface area (Å²) in [4.78, 5) is 23.8. The summed E-state index contributed by atoms with van der Waals surface area (Å²) in [6, 6.07) is 0. The molecule has 2 N–H and O–H groups in total. The van der Waals surface area contributed by atoms with E-state index in [1.165, 1.54) is 6.20 Å². The highest BCUT2D eigenvalue weighted by molar-refractivity contribution is 5.94. The Bertz CT molecular complexity index is 551. The van der Waals surface area contributed by atoms with Gasteiger partial charge in [0.15, 0.2) is 0 Å². The lowest BCUT2D eigenvalue weighted by atomic mass is 9.74. The molecule has 0 bridgehead atoms. The summed E-state index contributed by atoms with van der Waals surface area (Å²) in [6.45, 7) is 6.19. The van der Waals surface area contributed by atoms with Crippen molar-refractivity contribution in [2.75, 3.05) is 6.54 Å². The van der Waals surface area contributed by atoms with Crippen molar-refractivity contribution in [2.24, 2.45) is 5.41 Å². The second-order valence-electron chi connectivity index (χ2n) is 7.17. The number of carbonyl (C=O) groups is 2. The van der Waals surface area contributed by atoms with E-state index in [-0.39, 0.29) is 18.0 Å². The monoisotopic (exact) mass is 307 g/mol. The highest BCUT2D eigenvalue weighted by Crippen LogP contribution is 2.36. The average Bonchev–Trinajstić information content (AvgIpc) is 2.95. The fraction of sp³-hybridized carbons (Fsp3) is 0.688. The quantitative estimate of drug-likeness (QED) is 0.894. The van der Waals surface area contributed by atoms with E-state index in [2.05, 4.69) is 10.4 Å². The van der Waals surface area contributed by atoms with Crippen LogP contribution in [0.3, 0.4) is 0 Å². The van der Waals surface area contributed by atoms with Crippen molar-refractivity contribution in [3.05, 3.63) is 18.0 Å². The van der Waals surface area contributed by atoms with Crippen LogP contribution in [-0.2, 0) is 10.3 Å². The van der Waals surface area contributed by atoms with E-state index in [4.69, 9.17) is 0 Å². The van der Waals surface area contributed by atoms with E-state index >= 15 is 0 Å². The van der Waals surface area contributed by atoms with Crippen LogP contribution in [0.4, 0.5) is 0 Å². The van der Waals surface area contributed by atoms with Gasteiger partial charge in [0.25, 0.3) is 5.91 Å². The maximum Gasteiger partial charge on any atom is 0.311 e. The first kappa shape index (κ1) is 16.5. The third kappa shape index (κ3) is 3.48. The second-order valence-corrected chi connectivity index (χ2v) is 7.17. The Labute approximate surface area is 130 Å². The molecule has 122 valence electrons. The topological polar surface area (TPSA) is 84.2 Å². The normalized spacial score (nSPS) is 18.0. The van der Waals surface area contributed by atoms with Gasteiger partial charge < -0.3 is 10.4 Å². The van der Waals surface area contributed by atoms with Crippen molar-refractivity contribution >= 4 is 11.9 Å². The number of amides is 1. The fourth-order valence-electron chi connectivity index (χ4n) is 2.85. The lowest BCUT2D eigenvalue weighted by Crippen LogP contribution is -2.44. The Morgan fingerprint density at radius 2 is 1.95 bits per heavy atom. The van der Waals surface area contributed by atoms with Gasteiger partial charge in [-0.05, 0) is 33.6 Å². The number of hydrogen-bond acceptors (Lipinski definition) is 3. The highest BCUT2D eigenvalue weighted by Gasteiger charge is 2.39. The standard InChI is InChI=1S/C16H25N3O3/c1-15(2,3)19-10-12(9-18-19)13(20)17-11-16(14(21)22)7-5-4-6-8-16/h9-10H,4-8,11H2,1-3H3,(H,17,20)(H,21,22). The number of rotatable bonds is 4. The van der Waals surface area contributed by atoms with Gasteiger partial charge in [-0.1, -0.05) is 19.3 Å². The molecule has 1 aromatic rings. The predicted molar refractivity (Wildman–Crippen MR) is 82.7 cm³/mol. The van der Waals surface area contributed by atoms with Crippen LogP contribution in [0.25, 0.3) is 0 Å². The van der Waals surface area contributed by atoms with Gasteiger partial charge in [-0.25, -0.2) is 0 Å². The van der Waals surface area contributed by atoms with Crippen molar-refractivity contribution in [2.45, 2.75) is 58.4 Å². The van der Waals surface area contributed by atoms with Crippen LogP contribution in [-0.4, -0.2) is 33.3 Å². The van der Waals surface area contributed by atoms with Gasteiger partial charge in [0.05, 0.1) is 22.7 Å². The SMILES string of the molecule is CC(C)(C)n1cc(C(=O)NCC2(C(=O)O)CCCCC2)cn1. The first-order valence-electron chi connectivity index (χ1n) is 7.81. The third-order valence-electron chi connectivity index (χ3n) is 4.38. The van der Waals surface area contributed by atoms with Crippen LogP contribution < -0.4 is 5.32 Å². The molecular formula is C16H25N3O3. The van der Waals surface area contributed by atoms with E-state index in [1.807, 2.05) is 20.8 Å². The molecule has 0 saturated heterocycles. The zero-order chi connectivity index (χ0) is 16.4. The number of nitrogens with one attached hydrogen (secondary N) is 1. The number of aromatic nitrogens is 2. The van der Waals surface area contributed by atoms with Crippen molar-refractivity contribution in [3.63, 3.8) is 0 Å². The van der Waals surface area contributed by atoms with Crippen molar-refractivity contribution in [1.29, 1.82) is 0 Å². The largest absolute Gasteiger partial charge is 0.481 e. The summed E-state index contributed by atoms with van der Waals surface area (Å²) in [5.41, 5.74) is -0.538. The van der Waals surface area contributed by atoms with Crippen molar-refractivity contribution in [1.82, 2.24) is 15.1 Å². The van der Waals surface area contributed by atoms with Gasteiger partial charge in [-0.3, -0.25) is 14.3 Å². The summed E-state index contributed by atoms with van der Waals surface area (Å²) in [5.74, 6) is -1.07. The average molecular weight is 307 g/mol. The third-order valence-corrected chi connectivity index (χ3v) is 4.38. The van der Waals surface area contributed by atoms with E-state index in [0.717, 1.165) is 19.3 Å². The zero-order valence-corrected chi connectivity index (χ0v) is 13.6. The molecule has 1 saturated carbocycles. The Hall–Kier alpha value is -1.85. The van der Waals surface area contributed by atoms with Gasteiger partial charge in [0.2, 0.25) is 0 Å². The molecule has 0 aliphatic heterocycles. The van der Waals surface area contributed by atoms with Crippen molar-refractivity contribution in [3.8, 4) is 0 Å². The Morgan fingerprint density at radius 3 is 2.45 bits per heavy atom. The smallest absolute Gasteiger partial charge is 0.311 e.